The summed E-state index contributed by atoms with van der Waals surface area (Å²) >= 11 is 0. The summed E-state index contributed by atoms with van der Waals surface area (Å²) in [6, 6.07) is 31.5. The highest BCUT2D eigenvalue weighted by Gasteiger charge is 2.19. The standard InChI is InChI=1S/C27H26N6O4.C19H21N5O2/c34-26(32-15-17-36-18-16-32)19-20-1-5-22(6-2-20)33-25(11-14-29-33)31-27(35)30-21-3-7-23(8-4-21)37-24-9-12-28-13-10-24;1-19(2,3)16-12-17(24-23-16)22-18(25)21-13-4-6-14(7-5-13)26-15-8-10-20-11-9-15/h1-14H,15-19H2,(H2,30,31,35);4-12H,1-3H3,(H3,21,22,23,24,25). The molecule has 1 aliphatic heterocycles. The van der Waals surface area contributed by atoms with Gasteiger partial charge in [0.25, 0.3) is 0 Å². The number of benzene rings is 3. The van der Waals surface area contributed by atoms with Crippen LogP contribution >= 0.6 is 0 Å². The van der Waals surface area contributed by atoms with E-state index < -0.39 is 6.03 Å². The molecule has 1 aliphatic rings. The zero-order valence-electron chi connectivity index (χ0n) is 34.9. The summed E-state index contributed by atoms with van der Waals surface area (Å²) < 4.78 is 18.4. The van der Waals surface area contributed by atoms with Gasteiger partial charge in [0.05, 0.1) is 31.5 Å². The first-order valence-electron chi connectivity index (χ1n) is 20.1. The number of hydrogen-bond acceptors (Lipinski definition) is 10. The molecule has 7 aromatic rings. The van der Waals surface area contributed by atoms with Crippen LogP contribution in [-0.4, -0.2) is 79.1 Å². The minimum absolute atomic E-state index is 0.0615. The Kier molecular flexibility index (Phi) is 14.0. The third-order valence-electron chi connectivity index (χ3n) is 9.41. The summed E-state index contributed by atoms with van der Waals surface area (Å²) in [6.07, 6.45) is 8.58. The van der Waals surface area contributed by atoms with E-state index >= 15 is 0 Å². The van der Waals surface area contributed by atoms with Crippen LogP contribution < -0.4 is 30.7 Å². The molecule has 4 aromatic heterocycles. The first-order valence-corrected chi connectivity index (χ1v) is 20.1. The van der Waals surface area contributed by atoms with Crippen LogP contribution in [0.3, 0.4) is 0 Å². The van der Waals surface area contributed by atoms with Gasteiger partial charge in [-0.1, -0.05) is 32.9 Å². The first kappa shape index (κ1) is 43.1. The molecule has 3 aromatic carbocycles. The first-order chi connectivity index (χ1) is 30.5. The van der Waals surface area contributed by atoms with Crippen LogP contribution in [0, 0.1) is 0 Å². The number of amides is 5. The van der Waals surface area contributed by atoms with Crippen molar-refractivity contribution in [3.05, 3.63) is 151 Å². The fourth-order valence-electron chi connectivity index (χ4n) is 6.08. The van der Waals surface area contributed by atoms with E-state index in [2.05, 4.69) is 67.3 Å². The highest BCUT2D eigenvalue weighted by molar-refractivity contribution is 6.00. The van der Waals surface area contributed by atoms with E-state index in [-0.39, 0.29) is 17.4 Å². The van der Waals surface area contributed by atoms with Gasteiger partial charge >= 0.3 is 12.1 Å². The van der Waals surface area contributed by atoms with E-state index in [1.165, 1.54) is 0 Å². The molecular weight excluding hydrogens is 803 g/mol. The summed E-state index contributed by atoms with van der Waals surface area (Å²) in [7, 11) is 0. The number of urea groups is 2. The SMILES string of the molecule is CC(C)(C)c1cc(NC(=O)Nc2ccc(Oc3ccncc3)cc2)n[nH]1.O=C(Nc1ccc(Oc2ccncc2)cc1)Nc1ccnn1-c1ccc(CC(=O)N2CCOCC2)cc1. The minimum Gasteiger partial charge on any atom is -0.457 e. The van der Waals surface area contributed by atoms with E-state index in [1.807, 2.05) is 35.2 Å². The van der Waals surface area contributed by atoms with Crippen molar-refractivity contribution in [3.63, 3.8) is 0 Å². The molecule has 0 atom stereocenters. The topological polar surface area (TPSA) is 203 Å². The van der Waals surface area contributed by atoms with Gasteiger partial charge in [0, 0.05) is 72.5 Å². The molecule has 1 saturated heterocycles. The van der Waals surface area contributed by atoms with E-state index in [1.54, 1.807) is 115 Å². The lowest BCUT2D eigenvalue weighted by Crippen LogP contribution is -2.41. The molecule has 5 N–H and O–H groups in total. The largest absolute Gasteiger partial charge is 0.457 e. The van der Waals surface area contributed by atoms with Crippen molar-refractivity contribution in [3.8, 4) is 28.7 Å². The Morgan fingerprint density at radius 2 is 1.17 bits per heavy atom. The molecule has 1 fully saturated rings. The van der Waals surface area contributed by atoms with Gasteiger partial charge in [-0.15, -0.1) is 0 Å². The lowest BCUT2D eigenvalue weighted by Gasteiger charge is -2.26. The summed E-state index contributed by atoms with van der Waals surface area (Å²) in [4.78, 5) is 46.9. The second-order valence-electron chi connectivity index (χ2n) is 15.2. The average molecular weight is 850 g/mol. The molecular formula is C46H47N11O6. The quantitative estimate of drug-likeness (QED) is 0.0839. The molecule has 17 nitrogen and oxygen atoms in total. The molecule has 0 unspecified atom stereocenters. The van der Waals surface area contributed by atoms with Crippen LogP contribution in [0.4, 0.5) is 32.6 Å². The highest BCUT2D eigenvalue weighted by Crippen LogP contribution is 2.25. The van der Waals surface area contributed by atoms with Gasteiger partial charge in [0.15, 0.2) is 5.82 Å². The van der Waals surface area contributed by atoms with Crippen molar-refractivity contribution in [1.82, 2.24) is 34.8 Å². The number of carbonyl (C=O) groups excluding carboxylic acids is 3. The molecule has 0 radical (unpaired) electrons. The third-order valence-corrected chi connectivity index (χ3v) is 9.41. The maximum Gasteiger partial charge on any atom is 0.324 e. The van der Waals surface area contributed by atoms with Gasteiger partial charge in [0.2, 0.25) is 5.91 Å². The number of anilines is 4. The number of pyridine rings is 2. The number of nitrogens with one attached hydrogen (secondary N) is 5. The van der Waals surface area contributed by atoms with Crippen LogP contribution in [-0.2, 0) is 21.4 Å². The smallest absolute Gasteiger partial charge is 0.324 e. The summed E-state index contributed by atoms with van der Waals surface area (Å²) in [5.74, 6) is 3.77. The van der Waals surface area contributed by atoms with Crippen molar-refractivity contribution in [2.45, 2.75) is 32.6 Å². The van der Waals surface area contributed by atoms with Crippen LogP contribution in [0.1, 0.15) is 32.0 Å². The summed E-state index contributed by atoms with van der Waals surface area (Å²) in [6.45, 7) is 8.63. The summed E-state index contributed by atoms with van der Waals surface area (Å²) in [5, 5.41) is 22.5. The molecule has 17 heteroatoms. The normalized spacial score (nSPS) is 12.3. The number of aromatic nitrogens is 6. The number of aromatic amines is 1. The molecule has 0 aliphatic carbocycles. The predicted octanol–water partition coefficient (Wildman–Crippen LogP) is 8.64. The second kappa shape index (κ2) is 20.5. The van der Waals surface area contributed by atoms with Crippen molar-refractivity contribution >= 4 is 41.0 Å². The average Bonchev–Trinajstić information content (AvgIpc) is 3.97. The molecule has 5 heterocycles. The van der Waals surface area contributed by atoms with E-state index in [9.17, 15) is 14.4 Å². The third kappa shape index (κ3) is 12.7. The maximum atomic E-state index is 12.6. The van der Waals surface area contributed by atoms with Gasteiger partial charge < -0.3 is 29.7 Å². The van der Waals surface area contributed by atoms with E-state index in [4.69, 9.17) is 14.2 Å². The zero-order chi connectivity index (χ0) is 44.0. The lowest BCUT2D eigenvalue weighted by atomic mass is 9.92. The monoisotopic (exact) mass is 849 g/mol. The van der Waals surface area contributed by atoms with Gasteiger partial charge in [-0.2, -0.15) is 10.2 Å². The number of ether oxygens (including phenoxy) is 3. The van der Waals surface area contributed by atoms with Crippen LogP contribution in [0.2, 0.25) is 0 Å². The fraction of sp³-hybridized carbons (Fsp3) is 0.196. The molecule has 5 amide bonds. The molecule has 0 spiro atoms. The zero-order valence-corrected chi connectivity index (χ0v) is 34.9. The fourth-order valence-corrected chi connectivity index (χ4v) is 6.08. The number of H-pyrrole nitrogens is 1. The number of nitrogens with zero attached hydrogens (tertiary/aromatic N) is 6. The molecule has 0 bridgehead atoms. The minimum atomic E-state index is -0.405. The number of carbonyl (C=O) groups is 3. The van der Waals surface area contributed by atoms with Gasteiger partial charge in [-0.25, -0.2) is 14.3 Å². The number of rotatable bonds is 11. The summed E-state index contributed by atoms with van der Waals surface area (Å²) in [5.41, 5.74) is 3.83. The molecule has 8 rings (SSSR count). The van der Waals surface area contributed by atoms with Gasteiger partial charge in [0.1, 0.15) is 28.8 Å². The highest BCUT2D eigenvalue weighted by atomic mass is 16.5. The van der Waals surface area contributed by atoms with Crippen LogP contribution in [0.15, 0.2) is 140 Å². The van der Waals surface area contributed by atoms with Crippen molar-refractivity contribution in [1.29, 1.82) is 0 Å². The second-order valence-corrected chi connectivity index (χ2v) is 15.2. The Morgan fingerprint density at radius 1 is 0.651 bits per heavy atom. The predicted molar refractivity (Wildman–Crippen MR) is 239 cm³/mol. The Morgan fingerprint density at radius 3 is 1.70 bits per heavy atom. The van der Waals surface area contributed by atoms with E-state index in [0.29, 0.717) is 78.7 Å². The van der Waals surface area contributed by atoms with Crippen molar-refractivity contribution in [2.24, 2.45) is 0 Å². The molecule has 322 valence electrons. The number of morpholine rings is 1. The molecule has 63 heavy (non-hydrogen) atoms. The Labute approximate surface area is 363 Å². The Hall–Kier alpha value is -8.05. The Bertz CT molecular complexity index is 2550. The van der Waals surface area contributed by atoms with Gasteiger partial charge in [-0.05, 0) is 90.5 Å². The van der Waals surface area contributed by atoms with Crippen LogP contribution in [0.5, 0.6) is 23.0 Å². The van der Waals surface area contributed by atoms with Gasteiger partial charge in [-0.3, -0.25) is 30.5 Å². The van der Waals surface area contributed by atoms with Crippen molar-refractivity contribution in [2.75, 3.05) is 47.6 Å². The maximum absolute atomic E-state index is 12.6. The van der Waals surface area contributed by atoms with Crippen LogP contribution in [0.25, 0.3) is 5.69 Å². The lowest BCUT2D eigenvalue weighted by molar-refractivity contribution is -0.134. The van der Waals surface area contributed by atoms with Crippen molar-refractivity contribution < 1.29 is 28.6 Å². The molecule has 0 saturated carbocycles. The van der Waals surface area contributed by atoms with E-state index in [0.717, 1.165) is 16.9 Å². The Balaban J connectivity index is 0.000000201. The number of hydrogen-bond donors (Lipinski definition) is 5.